The van der Waals surface area contributed by atoms with Gasteiger partial charge in [-0.2, -0.15) is 0 Å². The molecule has 0 aliphatic carbocycles. The summed E-state index contributed by atoms with van der Waals surface area (Å²) < 4.78 is 22.0. The summed E-state index contributed by atoms with van der Waals surface area (Å²) in [5.41, 5.74) is 0. The lowest BCUT2D eigenvalue weighted by Crippen LogP contribution is -2.41. The van der Waals surface area contributed by atoms with Gasteiger partial charge in [0.1, 0.15) is 0 Å². The van der Waals surface area contributed by atoms with E-state index in [0.29, 0.717) is 45.7 Å². The van der Waals surface area contributed by atoms with Gasteiger partial charge < -0.3 is 23.8 Å². The number of piperidine rings is 1. The molecule has 1 atom stereocenters. The molecule has 6 nitrogen and oxygen atoms in total. The van der Waals surface area contributed by atoms with Crippen molar-refractivity contribution in [3.63, 3.8) is 0 Å². The van der Waals surface area contributed by atoms with Crippen molar-refractivity contribution in [2.24, 2.45) is 0 Å². The van der Waals surface area contributed by atoms with Crippen LogP contribution in [-0.2, 0) is 18.9 Å². The summed E-state index contributed by atoms with van der Waals surface area (Å²) in [6.07, 6.45) is 4.73. The Kier molecular flexibility index (Phi) is 15.4. The van der Waals surface area contributed by atoms with E-state index in [1.54, 1.807) is 0 Å². The fourth-order valence-electron chi connectivity index (χ4n) is 2.53. The van der Waals surface area contributed by atoms with E-state index in [0.717, 1.165) is 39.3 Å². The lowest BCUT2D eigenvalue weighted by atomic mass is 10.1. The van der Waals surface area contributed by atoms with Crippen LogP contribution in [0.2, 0.25) is 0 Å². The second kappa shape index (κ2) is 16.6. The molecule has 1 unspecified atom stereocenters. The maximum atomic E-state index is 5.62. The average molecular weight is 364 g/mol. The van der Waals surface area contributed by atoms with E-state index in [1.807, 2.05) is 0 Å². The van der Waals surface area contributed by atoms with Gasteiger partial charge >= 0.3 is 0 Å². The Balaban J connectivity index is 1.72. The van der Waals surface area contributed by atoms with Crippen LogP contribution in [0.25, 0.3) is 0 Å². The summed E-state index contributed by atoms with van der Waals surface area (Å²) in [4.78, 5) is 2.47. The van der Waals surface area contributed by atoms with Gasteiger partial charge in [-0.15, -0.1) is 0 Å². The zero-order valence-corrected chi connectivity index (χ0v) is 16.5. The zero-order valence-electron chi connectivity index (χ0n) is 15.3. The van der Waals surface area contributed by atoms with Crippen molar-refractivity contribution in [1.82, 2.24) is 9.99 Å². The summed E-state index contributed by atoms with van der Waals surface area (Å²) in [6.45, 7) is 11.0. The van der Waals surface area contributed by atoms with E-state index >= 15 is 0 Å². The molecule has 1 aliphatic rings. The summed E-state index contributed by atoms with van der Waals surface area (Å²) in [6, 6.07) is 0.658. The Morgan fingerprint density at radius 1 is 0.833 bits per heavy atom. The minimum Gasteiger partial charge on any atom is -0.379 e. The maximum absolute atomic E-state index is 5.62. The number of unbranched alkanes of at least 4 members (excludes halogenated alkanes) is 1. The van der Waals surface area contributed by atoms with E-state index in [-0.39, 0.29) is 0 Å². The largest absolute Gasteiger partial charge is 0.379 e. The second-order valence-electron chi connectivity index (χ2n) is 6.09. The van der Waals surface area contributed by atoms with Crippen LogP contribution in [-0.4, -0.2) is 83.4 Å². The third kappa shape index (κ3) is 12.5. The van der Waals surface area contributed by atoms with Gasteiger partial charge in [0.25, 0.3) is 0 Å². The molecule has 1 heterocycles. The molecule has 0 bridgehead atoms. The quantitative estimate of drug-likeness (QED) is 0.332. The Hall–Kier alpha value is 0.190. The second-order valence-corrected chi connectivity index (χ2v) is 6.42. The SMILES string of the molecule is CCCCOCCOCCOCCOCCN1CCC(NP)CC1. The number of hydrogen-bond acceptors (Lipinski definition) is 6. The molecule has 1 saturated heterocycles. The van der Waals surface area contributed by atoms with Gasteiger partial charge in [-0.3, -0.25) is 5.09 Å². The number of hydrogen-bond donors (Lipinski definition) is 1. The highest BCUT2D eigenvalue weighted by Crippen LogP contribution is 2.10. The van der Waals surface area contributed by atoms with Crippen LogP contribution >= 0.6 is 9.39 Å². The molecule has 1 fully saturated rings. The topological polar surface area (TPSA) is 52.2 Å². The van der Waals surface area contributed by atoms with Gasteiger partial charge in [0.05, 0.1) is 46.2 Å². The van der Waals surface area contributed by atoms with Crippen LogP contribution in [0.5, 0.6) is 0 Å². The molecule has 0 aromatic heterocycles. The monoisotopic (exact) mass is 364 g/mol. The average Bonchev–Trinajstić information content (AvgIpc) is 2.62. The van der Waals surface area contributed by atoms with Crippen molar-refractivity contribution in [3.05, 3.63) is 0 Å². The third-order valence-electron chi connectivity index (χ3n) is 4.13. The molecular formula is C17H37N2O4P. The van der Waals surface area contributed by atoms with E-state index < -0.39 is 0 Å². The summed E-state index contributed by atoms with van der Waals surface area (Å²) in [5, 5.41) is 3.27. The molecule has 0 aromatic carbocycles. The Morgan fingerprint density at radius 2 is 1.33 bits per heavy atom. The first-order valence-electron chi connectivity index (χ1n) is 9.36. The molecule has 0 radical (unpaired) electrons. The highest BCUT2D eigenvalue weighted by molar-refractivity contribution is 7.13. The molecule has 24 heavy (non-hydrogen) atoms. The van der Waals surface area contributed by atoms with Gasteiger partial charge in [-0.25, -0.2) is 0 Å². The molecular weight excluding hydrogens is 327 g/mol. The predicted molar refractivity (Wildman–Crippen MR) is 100 cm³/mol. The fraction of sp³-hybridized carbons (Fsp3) is 1.00. The Morgan fingerprint density at radius 3 is 1.83 bits per heavy atom. The highest BCUT2D eigenvalue weighted by atomic mass is 31.0. The van der Waals surface area contributed by atoms with Crippen LogP contribution in [0.15, 0.2) is 0 Å². The van der Waals surface area contributed by atoms with Crippen molar-refractivity contribution < 1.29 is 18.9 Å². The van der Waals surface area contributed by atoms with Gasteiger partial charge in [0, 0.05) is 19.2 Å². The number of nitrogens with one attached hydrogen (secondary N) is 1. The van der Waals surface area contributed by atoms with Gasteiger partial charge in [-0.05, 0) is 32.4 Å². The summed E-state index contributed by atoms with van der Waals surface area (Å²) in [5.74, 6) is 0. The first kappa shape index (κ1) is 22.2. The lowest BCUT2D eigenvalue weighted by molar-refractivity contribution is -0.00462. The van der Waals surface area contributed by atoms with Gasteiger partial charge in [-0.1, -0.05) is 22.7 Å². The first-order valence-corrected chi connectivity index (χ1v) is 9.94. The van der Waals surface area contributed by atoms with E-state index in [9.17, 15) is 0 Å². The highest BCUT2D eigenvalue weighted by Gasteiger charge is 2.16. The van der Waals surface area contributed by atoms with Crippen LogP contribution in [0.4, 0.5) is 0 Å². The van der Waals surface area contributed by atoms with Crippen LogP contribution in [0, 0.1) is 0 Å². The summed E-state index contributed by atoms with van der Waals surface area (Å²) >= 11 is 0. The number of likely N-dealkylation sites (tertiary alicyclic amines) is 1. The minimum absolute atomic E-state index is 0.619. The smallest absolute Gasteiger partial charge is 0.0701 e. The standard InChI is InChI=1S/C17H37N2O4P/c1-2-3-9-20-11-13-22-15-16-23-14-12-21-10-8-19-6-4-17(18-24)5-7-19/h17-18H,2-16,24H2,1H3. The third-order valence-corrected chi connectivity index (χ3v) is 4.60. The molecule has 1 N–H and O–H groups in total. The predicted octanol–water partition coefficient (Wildman–Crippen LogP) is 1.70. The molecule has 1 rings (SSSR count). The van der Waals surface area contributed by atoms with Crippen molar-refractivity contribution in [1.29, 1.82) is 0 Å². The van der Waals surface area contributed by atoms with E-state index in [4.69, 9.17) is 18.9 Å². The van der Waals surface area contributed by atoms with Crippen molar-refractivity contribution in [2.45, 2.75) is 38.6 Å². The van der Waals surface area contributed by atoms with E-state index in [2.05, 4.69) is 26.3 Å². The van der Waals surface area contributed by atoms with Gasteiger partial charge in [0.2, 0.25) is 0 Å². The molecule has 0 spiro atoms. The van der Waals surface area contributed by atoms with Crippen molar-refractivity contribution in [3.8, 4) is 0 Å². The van der Waals surface area contributed by atoms with Crippen molar-refractivity contribution in [2.75, 3.05) is 72.5 Å². The maximum Gasteiger partial charge on any atom is 0.0701 e. The number of rotatable bonds is 16. The molecule has 144 valence electrons. The van der Waals surface area contributed by atoms with Crippen LogP contribution in [0.1, 0.15) is 32.6 Å². The molecule has 7 heteroatoms. The molecule has 0 aromatic rings. The molecule has 1 aliphatic heterocycles. The molecule has 0 saturated carbocycles. The first-order chi connectivity index (χ1) is 11.9. The Labute approximate surface area is 150 Å². The normalized spacial score (nSPS) is 16.8. The summed E-state index contributed by atoms with van der Waals surface area (Å²) in [7, 11) is 2.62. The number of nitrogens with zero attached hydrogens (tertiary/aromatic N) is 1. The Bertz CT molecular complexity index is 267. The van der Waals surface area contributed by atoms with Crippen LogP contribution in [0.3, 0.4) is 0 Å². The van der Waals surface area contributed by atoms with Crippen LogP contribution < -0.4 is 5.09 Å². The van der Waals surface area contributed by atoms with Gasteiger partial charge in [0.15, 0.2) is 0 Å². The fourth-order valence-corrected chi connectivity index (χ4v) is 2.86. The number of ether oxygens (including phenoxy) is 4. The molecule has 0 amide bonds. The van der Waals surface area contributed by atoms with Crippen molar-refractivity contribution >= 4 is 9.39 Å². The zero-order chi connectivity index (χ0) is 17.3. The minimum atomic E-state index is 0.619. The lowest BCUT2D eigenvalue weighted by Gasteiger charge is -2.31. The van der Waals surface area contributed by atoms with E-state index in [1.165, 1.54) is 19.3 Å².